The SMILES string of the molecule is CN(C)C(=O)Cc1cc(C(F)(F)F)cc(C(F)(F)F)c1. The quantitative estimate of drug-likeness (QED) is 0.767. The van der Waals surface area contributed by atoms with Crippen molar-refractivity contribution in [2.45, 2.75) is 18.8 Å². The van der Waals surface area contributed by atoms with Crippen LogP contribution >= 0.6 is 0 Å². The van der Waals surface area contributed by atoms with Gasteiger partial charge in [-0.2, -0.15) is 26.3 Å². The van der Waals surface area contributed by atoms with Crippen molar-refractivity contribution in [3.05, 3.63) is 34.9 Å². The van der Waals surface area contributed by atoms with Crippen LogP contribution in [0.1, 0.15) is 16.7 Å². The van der Waals surface area contributed by atoms with E-state index in [1.807, 2.05) is 0 Å². The number of amides is 1. The molecule has 0 bridgehead atoms. The van der Waals surface area contributed by atoms with Crippen LogP contribution in [-0.4, -0.2) is 24.9 Å². The molecule has 1 rings (SSSR count). The van der Waals surface area contributed by atoms with E-state index in [0.717, 1.165) is 4.90 Å². The first-order chi connectivity index (χ1) is 8.91. The molecule has 0 saturated carbocycles. The Morgan fingerprint density at radius 2 is 1.35 bits per heavy atom. The molecule has 0 radical (unpaired) electrons. The third-order valence-corrected chi connectivity index (χ3v) is 2.50. The fourth-order valence-corrected chi connectivity index (χ4v) is 1.45. The van der Waals surface area contributed by atoms with E-state index >= 15 is 0 Å². The number of hydrogen-bond acceptors (Lipinski definition) is 1. The molecule has 0 aliphatic carbocycles. The summed E-state index contributed by atoms with van der Waals surface area (Å²) in [5.74, 6) is -0.586. The number of likely N-dealkylation sites (N-methyl/N-ethyl adjacent to an activating group) is 1. The summed E-state index contributed by atoms with van der Waals surface area (Å²) in [5.41, 5.74) is -3.17. The van der Waals surface area contributed by atoms with Gasteiger partial charge in [0.25, 0.3) is 0 Å². The molecule has 0 fully saturated rings. The molecule has 1 aromatic rings. The first-order valence-electron chi connectivity index (χ1n) is 5.40. The third kappa shape index (κ3) is 4.14. The fourth-order valence-electron chi connectivity index (χ4n) is 1.45. The van der Waals surface area contributed by atoms with Gasteiger partial charge in [-0.25, -0.2) is 0 Å². The van der Waals surface area contributed by atoms with Crippen molar-refractivity contribution in [2.24, 2.45) is 0 Å². The highest BCUT2D eigenvalue weighted by molar-refractivity contribution is 5.78. The van der Waals surface area contributed by atoms with Gasteiger partial charge in [0.15, 0.2) is 0 Å². The van der Waals surface area contributed by atoms with Crippen molar-refractivity contribution in [3.63, 3.8) is 0 Å². The summed E-state index contributed by atoms with van der Waals surface area (Å²) < 4.78 is 75.4. The number of carbonyl (C=O) groups is 1. The van der Waals surface area contributed by atoms with Gasteiger partial charge in [-0.15, -0.1) is 0 Å². The highest BCUT2D eigenvalue weighted by atomic mass is 19.4. The lowest BCUT2D eigenvalue weighted by molar-refractivity contribution is -0.143. The van der Waals surface area contributed by atoms with E-state index in [1.54, 1.807) is 0 Å². The van der Waals surface area contributed by atoms with Gasteiger partial charge in [0.2, 0.25) is 5.91 Å². The first kappa shape index (κ1) is 16.3. The van der Waals surface area contributed by atoms with Crippen molar-refractivity contribution in [3.8, 4) is 0 Å². The van der Waals surface area contributed by atoms with Crippen molar-refractivity contribution >= 4 is 5.91 Å². The molecule has 0 N–H and O–H groups in total. The summed E-state index contributed by atoms with van der Waals surface area (Å²) in [7, 11) is 2.72. The second kappa shape index (κ2) is 5.34. The number of carbonyl (C=O) groups excluding carboxylic acids is 1. The van der Waals surface area contributed by atoms with Crippen LogP contribution in [0.5, 0.6) is 0 Å². The lowest BCUT2D eigenvalue weighted by Gasteiger charge is -2.15. The van der Waals surface area contributed by atoms with Crippen LogP contribution < -0.4 is 0 Å². The van der Waals surface area contributed by atoms with Crippen molar-refractivity contribution in [1.29, 1.82) is 0 Å². The number of hydrogen-bond donors (Lipinski definition) is 0. The molecular weight excluding hydrogens is 288 g/mol. The molecule has 112 valence electrons. The molecular formula is C12H11F6NO. The largest absolute Gasteiger partial charge is 0.416 e. The van der Waals surface area contributed by atoms with Gasteiger partial charge in [-0.1, -0.05) is 0 Å². The maximum Gasteiger partial charge on any atom is 0.416 e. The number of nitrogens with zero attached hydrogens (tertiary/aromatic N) is 1. The molecule has 1 aromatic carbocycles. The van der Waals surface area contributed by atoms with Crippen LogP contribution in [0.25, 0.3) is 0 Å². The predicted molar refractivity (Wildman–Crippen MR) is 58.8 cm³/mol. The number of benzene rings is 1. The monoisotopic (exact) mass is 299 g/mol. The molecule has 0 saturated heterocycles. The molecule has 0 aliphatic rings. The van der Waals surface area contributed by atoms with E-state index in [-0.39, 0.29) is 11.6 Å². The first-order valence-corrected chi connectivity index (χ1v) is 5.40. The van der Waals surface area contributed by atoms with Gasteiger partial charge < -0.3 is 4.90 Å². The highest BCUT2D eigenvalue weighted by Gasteiger charge is 2.37. The normalized spacial score (nSPS) is 12.4. The average molecular weight is 299 g/mol. The van der Waals surface area contributed by atoms with E-state index in [4.69, 9.17) is 0 Å². The molecule has 0 spiro atoms. The van der Waals surface area contributed by atoms with Crippen LogP contribution in [0.2, 0.25) is 0 Å². The van der Waals surface area contributed by atoms with Crippen LogP contribution in [0.3, 0.4) is 0 Å². The summed E-state index contributed by atoms with van der Waals surface area (Å²) in [6, 6.07) is 1.14. The summed E-state index contributed by atoms with van der Waals surface area (Å²) in [6.45, 7) is 0. The fraction of sp³-hybridized carbons (Fsp3) is 0.417. The van der Waals surface area contributed by atoms with Gasteiger partial charge in [0, 0.05) is 14.1 Å². The lowest BCUT2D eigenvalue weighted by Crippen LogP contribution is -2.24. The Hall–Kier alpha value is -1.73. The van der Waals surface area contributed by atoms with Gasteiger partial charge >= 0.3 is 12.4 Å². The minimum atomic E-state index is -4.91. The zero-order chi connectivity index (χ0) is 15.7. The average Bonchev–Trinajstić information content (AvgIpc) is 2.26. The van der Waals surface area contributed by atoms with Crippen LogP contribution in [0, 0.1) is 0 Å². The van der Waals surface area contributed by atoms with Crippen LogP contribution in [0.4, 0.5) is 26.3 Å². The van der Waals surface area contributed by atoms with Crippen molar-refractivity contribution < 1.29 is 31.1 Å². The second-order valence-electron chi connectivity index (χ2n) is 4.38. The number of rotatable bonds is 2. The standard InChI is InChI=1S/C12H11F6NO/c1-19(2)10(20)5-7-3-8(11(13,14)15)6-9(4-7)12(16,17)18/h3-4,6H,5H2,1-2H3. The summed E-state index contributed by atoms with van der Waals surface area (Å²) in [6.07, 6.45) is -10.3. The molecule has 0 atom stereocenters. The molecule has 20 heavy (non-hydrogen) atoms. The van der Waals surface area contributed by atoms with Gasteiger partial charge in [0.05, 0.1) is 17.5 Å². The maximum absolute atomic E-state index is 12.6. The smallest absolute Gasteiger partial charge is 0.349 e. The Morgan fingerprint density at radius 1 is 0.950 bits per heavy atom. The Kier molecular flexibility index (Phi) is 4.36. The van der Waals surface area contributed by atoms with Crippen LogP contribution in [0.15, 0.2) is 18.2 Å². The lowest BCUT2D eigenvalue weighted by atomic mass is 10.0. The van der Waals surface area contributed by atoms with Crippen molar-refractivity contribution in [1.82, 2.24) is 4.90 Å². The van der Waals surface area contributed by atoms with Crippen LogP contribution in [-0.2, 0) is 23.6 Å². The van der Waals surface area contributed by atoms with E-state index in [0.29, 0.717) is 12.1 Å². The van der Waals surface area contributed by atoms with E-state index in [2.05, 4.69) is 0 Å². The Morgan fingerprint density at radius 3 is 1.65 bits per heavy atom. The molecule has 0 aromatic heterocycles. The minimum absolute atomic E-state index is 0.0314. The number of alkyl halides is 6. The predicted octanol–water partition coefficient (Wildman–Crippen LogP) is 3.35. The summed E-state index contributed by atoms with van der Waals surface area (Å²) in [4.78, 5) is 12.5. The summed E-state index contributed by atoms with van der Waals surface area (Å²) >= 11 is 0. The topological polar surface area (TPSA) is 20.3 Å². The molecule has 2 nitrogen and oxygen atoms in total. The zero-order valence-corrected chi connectivity index (χ0v) is 10.6. The van der Waals surface area contributed by atoms with E-state index < -0.39 is 35.8 Å². The van der Waals surface area contributed by atoms with Gasteiger partial charge in [-0.05, 0) is 23.8 Å². The molecule has 0 heterocycles. The molecule has 8 heteroatoms. The summed E-state index contributed by atoms with van der Waals surface area (Å²) in [5, 5.41) is 0. The molecule has 1 amide bonds. The van der Waals surface area contributed by atoms with E-state index in [9.17, 15) is 31.1 Å². The molecule has 0 aliphatic heterocycles. The second-order valence-corrected chi connectivity index (χ2v) is 4.38. The van der Waals surface area contributed by atoms with E-state index in [1.165, 1.54) is 14.1 Å². The Bertz CT molecular complexity index is 471. The highest BCUT2D eigenvalue weighted by Crippen LogP contribution is 2.36. The third-order valence-electron chi connectivity index (χ3n) is 2.50. The minimum Gasteiger partial charge on any atom is -0.349 e. The van der Waals surface area contributed by atoms with Crippen molar-refractivity contribution in [2.75, 3.05) is 14.1 Å². The van der Waals surface area contributed by atoms with Gasteiger partial charge in [-0.3, -0.25) is 4.79 Å². The van der Waals surface area contributed by atoms with Gasteiger partial charge in [0.1, 0.15) is 0 Å². The number of halogens is 6. The zero-order valence-electron chi connectivity index (χ0n) is 10.6. The molecule has 0 unspecified atom stereocenters. The maximum atomic E-state index is 12.6. The Labute approximate surface area is 111 Å². The Balaban J connectivity index is 3.28.